The predicted octanol–water partition coefficient (Wildman–Crippen LogP) is 2.23. The van der Waals surface area contributed by atoms with Gasteiger partial charge in [-0.05, 0) is 44.4 Å². The van der Waals surface area contributed by atoms with Gasteiger partial charge in [0, 0.05) is 0 Å². The smallest absolute Gasteiger partial charge is 0.0648 e. The molecule has 0 aliphatic heterocycles. The fourth-order valence-electron chi connectivity index (χ4n) is 3.09. The van der Waals surface area contributed by atoms with E-state index in [1.54, 1.807) is 0 Å². The molecule has 82 valence electrons. The summed E-state index contributed by atoms with van der Waals surface area (Å²) in [6.07, 6.45) is 9.50. The highest BCUT2D eigenvalue weighted by atomic mass is 16.3. The van der Waals surface area contributed by atoms with Gasteiger partial charge in [-0.2, -0.15) is 0 Å². The molecule has 2 atom stereocenters. The average molecular weight is 198 g/mol. The fraction of sp³-hybridized carbons (Fsp3) is 1.00. The molecule has 2 heteroatoms. The van der Waals surface area contributed by atoms with Crippen LogP contribution in [0.2, 0.25) is 0 Å². The molecule has 0 bridgehead atoms. The third-order valence-electron chi connectivity index (χ3n) is 4.13. The zero-order valence-electron chi connectivity index (χ0n) is 8.91. The molecule has 2 rings (SSSR count). The van der Waals surface area contributed by atoms with Gasteiger partial charge < -0.3 is 10.2 Å². The summed E-state index contributed by atoms with van der Waals surface area (Å²) in [5.41, 5.74) is -0.373. The Balaban J connectivity index is 1.75. The third-order valence-corrected chi connectivity index (χ3v) is 4.13. The molecule has 2 aliphatic carbocycles. The van der Waals surface area contributed by atoms with Crippen LogP contribution in [-0.2, 0) is 0 Å². The first-order valence-corrected chi connectivity index (χ1v) is 6.10. The lowest BCUT2D eigenvalue weighted by Gasteiger charge is -2.24. The Bertz CT molecular complexity index is 185. The van der Waals surface area contributed by atoms with Crippen LogP contribution in [0.4, 0.5) is 0 Å². The molecule has 2 aliphatic rings. The molecule has 2 nitrogen and oxygen atoms in total. The van der Waals surface area contributed by atoms with Gasteiger partial charge in [0.1, 0.15) is 0 Å². The van der Waals surface area contributed by atoms with Gasteiger partial charge in [-0.3, -0.25) is 0 Å². The zero-order valence-corrected chi connectivity index (χ0v) is 8.91. The molecule has 2 unspecified atom stereocenters. The fourth-order valence-corrected chi connectivity index (χ4v) is 3.09. The number of hydrogen-bond donors (Lipinski definition) is 2. The minimum absolute atomic E-state index is 0.0833. The van der Waals surface area contributed by atoms with E-state index in [1.165, 1.54) is 19.3 Å². The van der Waals surface area contributed by atoms with Crippen LogP contribution in [0, 0.1) is 5.92 Å². The largest absolute Gasteiger partial charge is 0.393 e. The van der Waals surface area contributed by atoms with E-state index >= 15 is 0 Å². The van der Waals surface area contributed by atoms with Gasteiger partial charge in [-0.25, -0.2) is 0 Å². The Labute approximate surface area is 86.3 Å². The SMILES string of the molecule is OC1CCCC1CCC1(O)CCCC1. The van der Waals surface area contributed by atoms with E-state index in [1.807, 2.05) is 0 Å². The van der Waals surface area contributed by atoms with Gasteiger partial charge in [-0.1, -0.05) is 19.3 Å². The molecule has 0 radical (unpaired) electrons. The Morgan fingerprint density at radius 2 is 1.79 bits per heavy atom. The zero-order chi connectivity index (χ0) is 10.0. The van der Waals surface area contributed by atoms with Crippen LogP contribution in [0.1, 0.15) is 57.8 Å². The minimum atomic E-state index is -0.373. The van der Waals surface area contributed by atoms with E-state index in [9.17, 15) is 10.2 Å². The van der Waals surface area contributed by atoms with E-state index in [0.29, 0.717) is 5.92 Å². The summed E-state index contributed by atoms with van der Waals surface area (Å²) in [5.74, 6) is 0.472. The number of rotatable bonds is 3. The van der Waals surface area contributed by atoms with E-state index in [-0.39, 0.29) is 11.7 Å². The van der Waals surface area contributed by atoms with Crippen LogP contribution in [0.25, 0.3) is 0 Å². The van der Waals surface area contributed by atoms with Crippen LogP contribution in [0.15, 0.2) is 0 Å². The maximum absolute atomic E-state index is 10.2. The minimum Gasteiger partial charge on any atom is -0.393 e. The summed E-state index contributed by atoms with van der Waals surface area (Å²) in [4.78, 5) is 0. The van der Waals surface area contributed by atoms with Gasteiger partial charge in [0.2, 0.25) is 0 Å². The van der Waals surface area contributed by atoms with Gasteiger partial charge in [-0.15, -0.1) is 0 Å². The van der Waals surface area contributed by atoms with Crippen molar-refractivity contribution in [3.05, 3.63) is 0 Å². The van der Waals surface area contributed by atoms with Crippen LogP contribution in [0.5, 0.6) is 0 Å². The van der Waals surface area contributed by atoms with Crippen molar-refractivity contribution >= 4 is 0 Å². The molecule has 2 fully saturated rings. The van der Waals surface area contributed by atoms with E-state index in [2.05, 4.69) is 0 Å². The first-order valence-electron chi connectivity index (χ1n) is 6.10. The van der Waals surface area contributed by atoms with E-state index in [4.69, 9.17) is 0 Å². The van der Waals surface area contributed by atoms with Crippen molar-refractivity contribution in [1.82, 2.24) is 0 Å². The number of aliphatic hydroxyl groups is 2. The second-order valence-corrected chi connectivity index (χ2v) is 5.23. The van der Waals surface area contributed by atoms with Crippen LogP contribution >= 0.6 is 0 Å². The summed E-state index contributed by atoms with van der Waals surface area (Å²) in [6, 6.07) is 0. The summed E-state index contributed by atoms with van der Waals surface area (Å²) in [6.45, 7) is 0. The maximum atomic E-state index is 10.2. The summed E-state index contributed by atoms with van der Waals surface area (Å²) in [5, 5.41) is 19.8. The Morgan fingerprint density at radius 1 is 1.07 bits per heavy atom. The monoisotopic (exact) mass is 198 g/mol. The summed E-state index contributed by atoms with van der Waals surface area (Å²) < 4.78 is 0. The molecule has 2 N–H and O–H groups in total. The molecule has 0 aromatic carbocycles. The van der Waals surface area contributed by atoms with Crippen molar-refractivity contribution in [2.24, 2.45) is 5.92 Å². The van der Waals surface area contributed by atoms with Gasteiger partial charge >= 0.3 is 0 Å². The van der Waals surface area contributed by atoms with Crippen molar-refractivity contribution in [2.45, 2.75) is 69.5 Å². The highest BCUT2D eigenvalue weighted by Crippen LogP contribution is 2.37. The molecule has 0 heterocycles. The molecular formula is C12H22O2. The number of hydrogen-bond acceptors (Lipinski definition) is 2. The van der Waals surface area contributed by atoms with Crippen LogP contribution < -0.4 is 0 Å². The average Bonchev–Trinajstić information content (AvgIpc) is 2.73. The summed E-state index contributed by atoms with van der Waals surface area (Å²) in [7, 11) is 0. The Kier molecular flexibility index (Phi) is 3.13. The Hall–Kier alpha value is -0.0800. The summed E-state index contributed by atoms with van der Waals surface area (Å²) >= 11 is 0. The van der Waals surface area contributed by atoms with E-state index in [0.717, 1.165) is 38.5 Å². The lowest BCUT2D eigenvalue weighted by atomic mass is 9.89. The molecule has 2 saturated carbocycles. The first kappa shape index (κ1) is 10.4. The second-order valence-electron chi connectivity index (χ2n) is 5.23. The molecular weight excluding hydrogens is 176 g/mol. The van der Waals surface area contributed by atoms with Gasteiger partial charge in [0.15, 0.2) is 0 Å². The lowest BCUT2D eigenvalue weighted by molar-refractivity contribution is 0.0245. The topological polar surface area (TPSA) is 40.5 Å². The van der Waals surface area contributed by atoms with Crippen molar-refractivity contribution in [3.8, 4) is 0 Å². The second kappa shape index (κ2) is 4.19. The first-order chi connectivity index (χ1) is 6.70. The van der Waals surface area contributed by atoms with Crippen LogP contribution in [0.3, 0.4) is 0 Å². The van der Waals surface area contributed by atoms with Crippen molar-refractivity contribution < 1.29 is 10.2 Å². The molecule has 0 amide bonds. The normalized spacial score (nSPS) is 36.4. The standard InChI is InChI=1S/C12H22O2/c13-11-5-3-4-10(11)6-9-12(14)7-1-2-8-12/h10-11,13-14H,1-9H2. The van der Waals surface area contributed by atoms with Crippen molar-refractivity contribution in [3.63, 3.8) is 0 Å². The molecule has 0 aromatic heterocycles. The third kappa shape index (κ3) is 2.29. The van der Waals surface area contributed by atoms with E-state index < -0.39 is 0 Å². The molecule has 0 aromatic rings. The van der Waals surface area contributed by atoms with Crippen LogP contribution in [-0.4, -0.2) is 21.9 Å². The highest BCUT2D eigenvalue weighted by molar-refractivity contribution is 4.86. The van der Waals surface area contributed by atoms with Gasteiger partial charge in [0.05, 0.1) is 11.7 Å². The molecule has 0 saturated heterocycles. The molecule has 14 heavy (non-hydrogen) atoms. The highest BCUT2D eigenvalue weighted by Gasteiger charge is 2.33. The predicted molar refractivity (Wildman–Crippen MR) is 56.0 cm³/mol. The molecule has 0 spiro atoms. The quantitative estimate of drug-likeness (QED) is 0.730. The van der Waals surface area contributed by atoms with Crippen molar-refractivity contribution in [1.29, 1.82) is 0 Å². The number of aliphatic hydroxyl groups excluding tert-OH is 1. The lowest BCUT2D eigenvalue weighted by Crippen LogP contribution is -2.26. The Morgan fingerprint density at radius 3 is 2.36 bits per heavy atom. The van der Waals surface area contributed by atoms with Crippen molar-refractivity contribution in [2.75, 3.05) is 0 Å². The maximum Gasteiger partial charge on any atom is 0.0648 e. The van der Waals surface area contributed by atoms with Gasteiger partial charge in [0.25, 0.3) is 0 Å².